The third kappa shape index (κ3) is 4.48. The number of nitrogens with zero attached hydrogens (tertiary/aromatic N) is 1. The van der Waals surface area contributed by atoms with Gasteiger partial charge in [-0.05, 0) is 54.2 Å². The van der Waals surface area contributed by atoms with E-state index in [9.17, 15) is 14.3 Å². The van der Waals surface area contributed by atoms with Gasteiger partial charge in [-0.1, -0.05) is 24.3 Å². The van der Waals surface area contributed by atoms with Crippen LogP contribution in [0.15, 0.2) is 48.5 Å². The lowest BCUT2D eigenvalue weighted by Gasteiger charge is -2.36. The lowest BCUT2D eigenvalue weighted by Crippen LogP contribution is -2.47. The van der Waals surface area contributed by atoms with Gasteiger partial charge in [-0.25, -0.2) is 4.39 Å². The molecule has 1 N–H and O–H groups in total. The summed E-state index contributed by atoms with van der Waals surface area (Å²) in [5.41, 5.74) is 2.64. The first-order valence-electron chi connectivity index (χ1n) is 8.86. The summed E-state index contributed by atoms with van der Waals surface area (Å²) >= 11 is 0. The smallest absolute Gasteiger partial charge is 0.253 e. The van der Waals surface area contributed by atoms with E-state index in [1.807, 2.05) is 12.1 Å². The number of likely N-dealkylation sites (tertiary alicyclic amines) is 1. The number of hydrogen-bond acceptors (Lipinski definition) is 3. The Kier molecular flexibility index (Phi) is 6.01. The molecule has 0 aliphatic carbocycles. The van der Waals surface area contributed by atoms with Crippen LogP contribution >= 0.6 is 0 Å². The number of amides is 1. The van der Waals surface area contributed by atoms with Gasteiger partial charge in [0.1, 0.15) is 5.82 Å². The average Bonchev–Trinajstić information content (AvgIpc) is 2.65. The maximum absolute atomic E-state index is 13.0. The first-order chi connectivity index (χ1) is 12.6. The van der Waals surface area contributed by atoms with Crippen LogP contribution in [0, 0.1) is 11.7 Å². The van der Waals surface area contributed by atoms with E-state index in [1.165, 1.54) is 12.1 Å². The summed E-state index contributed by atoms with van der Waals surface area (Å²) in [6, 6.07) is 13.7. The number of β-amino-alcohol motifs (C(OH)–C–C–N with tert-alkyl or cyclic N) is 1. The number of rotatable bonds is 5. The van der Waals surface area contributed by atoms with Gasteiger partial charge in [0.2, 0.25) is 0 Å². The van der Waals surface area contributed by atoms with E-state index in [0.29, 0.717) is 31.7 Å². The molecule has 0 unspecified atom stereocenters. The number of carbonyl (C=O) groups is 1. The highest BCUT2D eigenvalue weighted by atomic mass is 19.1. The fraction of sp³-hybridized carbons (Fsp3) is 0.381. The van der Waals surface area contributed by atoms with Gasteiger partial charge >= 0.3 is 0 Å². The molecule has 2 aromatic rings. The molecule has 3 rings (SSSR count). The fourth-order valence-corrected chi connectivity index (χ4v) is 3.42. The molecule has 5 heteroatoms. The molecule has 0 saturated carbocycles. The van der Waals surface area contributed by atoms with Crippen LogP contribution in [-0.4, -0.2) is 42.2 Å². The van der Waals surface area contributed by atoms with Crippen LogP contribution < -0.4 is 0 Å². The van der Waals surface area contributed by atoms with Crippen LogP contribution in [-0.2, 0) is 17.8 Å². The van der Waals surface area contributed by atoms with Crippen LogP contribution in [0.4, 0.5) is 4.39 Å². The molecule has 1 aliphatic heterocycles. The molecular weight excluding hydrogens is 333 g/mol. The van der Waals surface area contributed by atoms with Crippen LogP contribution in [0.1, 0.15) is 27.9 Å². The maximum Gasteiger partial charge on any atom is 0.253 e. The second-order valence-corrected chi connectivity index (χ2v) is 6.83. The second kappa shape index (κ2) is 8.43. The number of carbonyl (C=O) groups excluding carboxylic acids is 1. The normalized spacial score (nSPS) is 20.2. The number of piperidine rings is 1. The topological polar surface area (TPSA) is 49.8 Å². The van der Waals surface area contributed by atoms with Crippen molar-refractivity contribution < 1.29 is 19.0 Å². The van der Waals surface area contributed by atoms with Crippen molar-refractivity contribution in [3.05, 3.63) is 71.0 Å². The van der Waals surface area contributed by atoms with E-state index in [2.05, 4.69) is 0 Å². The average molecular weight is 357 g/mol. The van der Waals surface area contributed by atoms with Crippen molar-refractivity contribution in [2.75, 3.05) is 20.2 Å². The molecule has 0 aromatic heterocycles. The second-order valence-electron chi connectivity index (χ2n) is 6.83. The van der Waals surface area contributed by atoms with Gasteiger partial charge in [-0.15, -0.1) is 0 Å². The van der Waals surface area contributed by atoms with Crippen molar-refractivity contribution in [2.24, 2.45) is 5.92 Å². The Morgan fingerprint density at radius 1 is 1.15 bits per heavy atom. The molecule has 2 aromatic carbocycles. The summed E-state index contributed by atoms with van der Waals surface area (Å²) in [5.74, 6) is -0.243. The van der Waals surface area contributed by atoms with Gasteiger partial charge in [-0.2, -0.15) is 0 Å². The third-order valence-corrected chi connectivity index (χ3v) is 4.93. The fourth-order valence-electron chi connectivity index (χ4n) is 3.42. The van der Waals surface area contributed by atoms with Gasteiger partial charge in [0.15, 0.2) is 0 Å². The molecule has 138 valence electrons. The number of benzene rings is 2. The summed E-state index contributed by atoms with van der Waals surface area (Å²) in [7, 11) is 1.64. The minimum absolute atomic E-state index is 0.0618. The van der Waals surface area contributed by atoms with Crippen molar-refractivity contribution in [1.29, 1.82) is 0 Å². The Bertz CT molecular complexity index is 730. The number of methoxy groups -OCH3 is 1. The van der Waals surface area contributed by atoms with E-state index in [-0.39, 0.29) is 17.6 Å². The molecule has 1 fully saturated rings. The number of ether oxygens (including phenoxy) is 1. The summed E-state index contributed by atoms with van der Waals surface area (Å²) in [6.45, 7) is 1.45. The van der Waals surface area contributed by atoms with Gasteiger partial charge in [0, 0.05) is 25.8 Å². The lowest BCUT2D eigenvalue weighted by molar-refractivity contribution is 0.0198. The summed E-state index contributed by atoms with van der Waals surface area (Å²) < 4.78 is 18.1. The lowest BCUT2D eigenvalue weighted by atomic mass is 9.87. The molecule has 0 spiro atoms. The van der Waals surface area contributed by atoms with Crippen molar-refractivity contribution >= 4 is 5.91 Å². The largest absolute Gasteiger partial charge is 0.391 e. The highest BCUT2D eigenvalue weighted by molar-refractivity contribution is 5.94. The zero-order valence-electron chi connectivity index (χ0n) is 14.9. The molecule has 1 heterocycles. The quantitative estimate of drug-likeness (QED) is 0.895. The zero-order valence-corrected chi connectivity index (χ0v) is 14.9. The number of aliphatic hydroxyl groups excluding tert-OH is 1. The van der Waals surface area contributed by atoms with Crippen molar-refractivity contribution in [3.63, 3.8) is 0 Å². The number of aliphatic hydroxyl groups is 1. The Balaban J connectivity index is 1.58. The standard InChI is InChI=1S/C21H24FNO3/c1-26-14-16-2-6-17(7-3-16)21(25)23-11-10-18(20(24)13-23)12-15-4-8-19(22)9-5-15/h2-9,18,20,24H,10-14H2,1H3/t18-,20+/m1/s1. The number of halogens is 1. The predicted octanol–water partition coefficient (Wildman–Crippen LogP) is 3.04. The van der Waals surface area contributed by atoms with Crippen LogP contribution in [0.3, 0.4) is 0 Å². The van der Waals surface area contributed by atoms with E-state index in [4.69, 9.17) is 4.74 Å². The van der Waals surface area contributed by atoms with Crippen molar-refractivity contribution in [3.8, 4) is 0 Å². The van der Waals surface area contributed by atoms with E-state index in [0.717, 1.165) is 17.5 Å². The highest BCUT2D eigenvalue weighted by Crippen LogP contribution is 2.24. The maximum atomic E-state index is 13.0. The molecule has 0 bridgehead atoms. The molecule has 1 amide bonds. The molecule has 1 saturated heterocycles. The molecular formula is C21H24FNO3. The van der Waals surface area contributed by atoms with Crippen LogP contribution in [0.2, 0.25) is 0 Å². The molecule has 2 atom stereocenters. The SMILES string of the molecule is COCc1ccc(C(=O)N2CC[C@H](Cc3ccc(F)cc3)[C@@H](O)C2)cc1. The molecule has 26 heavy (non-hydrogen) atoms. The molecule has 1 aliphatic rings. The summed E-state index contributed by atoms with van der Waals surface area (Å²) in [5, 5.41) is 10.5. The van der Waals surface area contributed by atoms with E-state index < -0.39 is 6.10 Å². The number of hydrogen-bond donors (Lipinski definition) is 1. The minimum Gasteiger partial charge on any atom is -0.391 e. The van der Waals surface area contributed by atoms with Gasteiger partial charge in [0.25, 0.3) is 5.91 Å². The summed E-state index contributed by atoms with van der Waals surface area (Å²) in [4.78, 5) is 14.4. The molecule has 4 nitrogen and oxygen atoms in total. The van der Waals surface area contributed by atoms with E-state index >= 15 is 0 Å². The summed E-state index contributed by atoms with van der Waals surface area (Å²) in [6.07, 6.45) is 0.840. The first-order valence-corrected chi connectivity index (χ1v) is 8.86. The monoisotopic (exact) mass is 357 g/mol. The molecule has 0 radical (unpaired) electrons. The van der Waals surface area contributed by atoms with Crippen molar-refractivity contribution in [2.45, 2.75) is 25.6 Å². The Morgan fingerprint density at radius 3 is 2.42 bits per heavy atom. The third-order valence-electron chi connectivity index (χ3n) is 4.93. The Morgan fingerprint density at radius 2 is 1.81 bits per heavy atom. The van der Waals surface area contributed by atoms with Gasteiger partial charge < -0.3 is 14.7 Å². The van der Waals surface area contributed by atoms with Crippen LogP contribution in [0.5, 0.6) is 0 Å². The van der Waals surface area contributed by atoms with Crippen LogP contribution in [0.25, 0.3) is 0 Å². The zero-order chi connectivity index (χ0) is 18.5. The minimum atomic E-state index is -0.578. The Labute approximate surface area is 153 Å². The van der Waals surface area contributed by atoms with E-state index in [1.54, 1.807) is 36.3 Å². The van der Waals surface area contributed by atoms with Gasteiger partial charge in [-0.3, -0.25) is 4.79 Å². The predicted molar refractivity (Wildman–Crippen MR) is 97.3 cm³/mol. The van der Waals surface area contributed by atoms with Crippen molar-refractivity contribution in [1.82, 2.24) is 4.90 Å². The van der Waals surface area contributed by atoms with Gasteiger partial charge in [0.05, 0.1) is 12.7 Å². The Hall–Kier alpha value is -2.24. The first kappa shape index (κ1) is 18.5. The highest BCUT2D eigenvalue weighted by Gasteiger charge is 2.30.